The molecule has 6 heteroatoms. The van der Waals surface area contributed by atoms with Crippen molar-refractivity contribution in [2.24, 2.45) is 0 Å². The van der Waals surface area contributed by atoms with Crippen LogP contribution in [0.15, 0.2) is 41.4 Å². The smallest absolute Gasteiger partial charge is 0.354 e. The number of thioether (sulfide) groups is 1. The highest BCUT2D eigenvalue weighted by molar-refractivity contribution is 7.98. The van der Waals surface area contributed by atoms with Crippen LogP contribution in [-0.2, 0) is 5.75 Å². The first-order valence-corrected chi connectivity index (χ1v) is 6.68. The molecule has 0 saturated carbocycles. The maximum absolute atomic E-state index is 13.1. The lowest BCUT2D eigenvalue weighted by atomic mass is 10.2. The van der Waals surface area contributed by atoms with Crippen LogP contribution < -0.4 is 0 Å². The summed E-state index contributed by atoms with van der Waals surface area (Å²) in [6.07, 6.45) is 1.43. The number of aromatic nitrogens is 1. The Labute approximate surface area is 118 Å². The molecule has 0 aliphatic carbocycles. The molecule has 0 radical (unpaired) electrons. The molecule has 2 rings (SSSR count). The number of aromatic carboxylic acids is 1. The zero-order chi connectivity index (χ0) is 13.8. The fourth-order valence-electron chi connectivity index (χ4n) is 1.43. The number of carboxylic acids is 1. The number of hydrogen-bond donors (Lipinski definition) is 1. The summed E-state index contributed by atoms with van der Waals surface area (Å²) in [6, 6.07) is 7.34. The summed E-state index contributed by atoms with van der Waals surface area (Å²) in [5.74, 6) is -0.966. The van der Waals surface area contributed by atoms with E-state index >= 15 is 0 Å². The van der Waals surface area contributed by atoms with Gasteiger partial charge in [0.2, 0.25) is 0 Å². The van der Waals surface area contributed by atoms with E-state index in [1.807, 2.05) is 0 Å². The average molecular weight is 298 g/mol. The van der Waals surface area contributed by atoms with E-state index in [-0.39, 0.29) is 11.5 Å². The molecule has 0 bridgehead atoms. The molecule has 2 aromatic rings. The predicted octanol–water partition coefficient (Wildman–Crippen LogP) is 3.86. The first kappa shape index (κ1) is 13.8. The Morgan fingerprint density at radius 2 is 2.16 bits per heavy atom. The van der Waals surface area contributed by atoms with Crippen LogP contribution in [0.2, 0.25) is 5.02 Å². The zero-order valence-corrected chi connectivity index (χ0v) is 11.2. The Morgan fingerprint density at radius 1 is 1.37 bits per heavy atom. The molecule has 19 heavy (non-hydrogen) atoms. The van der Waals surface area contributed by atoms with Crippen LogP contribution >= 0.6 is 23.4 Å². The topological polar surface area (TPSA) is 50.2 Å². The SMILES string of the molecule is O=C(O)c1cc(SCc2cc(F)ccc2Cl)ccn1. The third-order valence-electron chi connectivity index (χ3n) is 2.35. The molecular formula is C13H9ClFNO2S. The number of nitrogens with zero attached hydrogens (tertiary/aromatic N) is 1. The van der Waals surface area contributed by atoms with Crippen molar-refractivity contribution in [1.82, 2.24) is 4.98 Å². The molecule has 3 nitrogen and oxygen atoms in total. The second kappa shape index (κ2) is 6.04. The van der Waals surface area contributed by atoms with Gasteiger partial charge in [-0.1, -0.05) is 11.6 Å². The number of carbonyl (C=O) groups is 1. The Kier molecular flexibility index (Phi) is 4.39. The van der Waals surface area contributed by atoms with Gasteiger partial charge in [0.1, 0.15) is 11.5 Å². The molecule has 1 heterocycles. The van der Waals surface area contributed by atoms with Gasteiger partial charge in [0, 0.05) is 21.9 Å². The lowest BCUT2D eigenvalue weighted by molar-refractivity contribution is 0.0690. The second-order valence-corrected chi connectivity index (χ2v) is 5.16. The molecule has 0 unspecified atom stereocenters. The van der Waals surface area contributed by atoms with Crippen molar-refractivity contribution in [2.45, 2.75) is 10.6 Å². The summed E-state index contributed by atoms with van der Waals surface area (Å²) in [7, 11) is 0. The summed E-state index contributed by atoms with van der Waals surface area (Å²) in [6.45, 7) is 0. The first-order valence-electron chi connectivity index (χ1n) is 5.32. The summed E-state index contributed by atoms with van der Waals surface area (Å²) < 4.78 is 13.1. The van der Waals surface area contributed by atoms with Crippen LogP contribution in [0.1, 0.15) is 16.1 Å². The van der Waals surface area contributed by atoms with E-state index < -0.39 is 5.97 Å². The minimum absolute atomic E-state index is 0.0182. The minimum atomic E-state index is -1.08. The molecule has 1 N–H and O–H groups in total. The summed E-state index contributed by atoms with van der Waals surface area (Å²) in [4.78, 5) is 15.3. The summed E-state index contributed by atoms with van der Waals surface area (Å²) >= 11 is 7.33. The van der Waals surface area contributed by atoms with Crippen molar-refractivity contribution in [2.75, 3.05) is 0 Å². The van der Waals surface area contributed by atoms with Gasteiger partial charge in [-0.3, -0.25) is 0 Å². The van der Waals surface area contributed by atoms with Gasteiger partial charge in [0.25, 0.3) is 0 Å². The van der Waals surface area contributed by atoms with Gasteiger partial charge in [-0.2, -0.15) is 0 Å². The molecule has 0 fully saturated rings. The molecule has 1 aromatic heterocycles. The Morgan fingerprint density at radius 3 is 2.89 bits per heavy atom. The van der Waals surface area contributed by atoms with Crippen LogP contribution in [-0.4, -0.2) is 16.1 Å². The van der Waals surface area contributed by atoms with Gasteiger partial charge in [0.15, 0.2) is 0 Å². The molecule has 0 amide bonds. The van der Waals surface area contributed by atoms with E-state index in [0.29, 0.717) is 16.3 Å². The van der Waals surface area contributed by atoms with E-state index in [0.717, 1.165) is 4.90 Å². The molecule has 0 atom stereocenters. The van der Waals surface area contributed by atoms with E-state index in [4.69, 9.17) is 16.7 Å². The van der Waals surface area contributed by atoms with Gasteiger partial charge >= 0.3 is 5.97 Å². The van der Waals surface area contributed by atoms with Crippen molar-refractivity contribution >= 4 is 29.3 Å². The van der Waals surface area contributed by atoms with Crippen molar-refractivity contribution in [3.8, 4) is 0 Å². The van der Waals surface area contributed by atoms with Gasteiger partial charge in [0.05, 0.1) is 0 Å². The predicted molar refractivity (Wildman–Crippen MR) is 72.2 cm³/mol. The highest BCUT2D eigenvalue weighted by Crippen LogP contribution is 2.27. The third kappa shape index (κ3) is 3.68. The molecule has 0 saturated heterocycles. The number of benzene rings is 1. The van der Waals surface area contributed by atoms with Crippen molar-refractivity contribution in [3.05, 3.63) is 58.6 Å². The molecule has 98 valence electrons. The van der Waals surface area contributed by atoms with Crippen molar-refractivity contribution < 1.29 is 14.3 Å². The van der Waals surface area contributed by atoms with Gasteiger partial charge < -0.3 is 5.11 Å². The zero-order valence-electron chi connectivity index (χ0n) is 9.64. The van der Waals surface area contributed by atoms with E-state index in [1.54, 1.807) is 6.07 Å². The normalized spacial score (nSPS) is 10.4. The summed E-state index contributed by atoms with van der Waals surface area (Å²) in [5, 5.41) is 9.32. The lowest BCUT2D eigenvalue weighted by Crippen LogP contribution is -1.99. The number of carboxylic acid groups (broad SMARTS) is 1. The molecule has 1 aromatic carbocycles. The van der Waals surface area contributed by atoms with Crippen molar-refractivity contribution in [3.63, 3.8) is 0 Å². The quantitative estimate of drug-likeness (QED) is 0.871. The number of hydrogen-bond acceptors (Lipinski definition) is 3. The van der Waals surface area contributed by atoms with Crippen molar-refractivity contribution in [1.29, 1.82) is 0 Å². The van der Waals surface area contributed by atoms with Gasteiger partial charge in [-0.25, -0.2) is 14.2 Å². The van der Waals surface area contributed by atoms with E-state index in [1.165, 1.54) is 42.2 Å². The Balaban J connectivity index is 2.12. The maximum atomic E-state index is 13.1. The highest BCUT2D eigenvalue weighted by Gasteiger charge is 2.07. The average Bonchev–Trinajstić information content (AvgIpc) is 2.40. The Hall–Kier alpha value is -1.59. The van der Waals surface area contributed by atoms with Crippen LogP contribution in [0.3, 0.4) is 0 Å². The van der Waals surface area contributed by atoms with E-state index in [2.05, 4.69) is 4.98 Å². The maximum Gasteiger partial charge on any atom is 0.354 e. The standard InChI is InChI=1S/C13H9ClFNO2S/c14-11-2-1-9(15)5-8(11)7-19-10-3-4-16-12(6-10)13(17)18/h1-6H,7H2,(H,17,18). The Bertz CT molecular complexity index is 621. The van der Waals surface area contributed by atoms with Gasteiger partial charge in [-0.15, -0.1) is 11.8 Å². The monoisotopic (exact) mass is 297 g/mol. The largest absolute Gasteiger partial charge is 0.477 e. The van der Waals surface area contributed by atoms with E-state index in [9.17, 15) is 9.18 Å². The minimum Gasteiger partial charge on any atom is -0.477 e. The highest BCUT2D eigenvalue weighted by atomic mass is 35.5. The first-order chi connectivity index (χ1) is 9.06. The molecular weight excluding hydrogens is 289 g/mol. The number of rotatable bonds is 4. The fraction of sp³-hybridized carbons (Fsp3) is 0.0769. The van der Waals surface area contributed by atoms with Crippen LogP contribution in [0, 0.1) is 5.82 Å². The fourth-order valence-corrected chi connectivity index (χ4v) is 2.61. The number of pyridine rings is 1. The molecule has 0 aliphatic heterocycles. The number of halogens is 2. The van der Waals surface area contributed by atoms with Crippen LogP contribution in [0.5, 0.6) is 0 Å². The van der Waals surface area contributed by atoms with Crippen LogP contribution in [0.4, 0.5) is 4.39 Å². The van der Waals surface area contributed by atoms with Crippen LogP contribution in [0.25, 0.3) is 0 Å². The third-order valence-corrected chi connectivity index (χ3v) is 3.76. The van der Waals surface area contributed by atoms with Gasteiger partial charge in [-0.05, 0) is 35.9 Å². The molecule has 0 aliphatic rings. The second-order valence-electron chi connectivity index (χ2n) is 3.71. The summed E-state index contributed by atoms with van der Waals surface area (Å²) in [5.41, 5.74) is 0.649. The lowest BCUT2D eigenvalue weighted by Gasteiger charge is -2.05. The molecule has 0 spiro atoms.